The van der Waals surface area contributed by atoms with E-state index in [1.54, 1.807) is 6.07 Å². The standard InChI is InChI=1S/C11H11NO3/c1-2-9-5-3-4-6-10(9)15-7-11(14)12-8-13/h3-6H,2,7H2,1H3. The van der Waals surface area contributed by atoms with E-state index in [-0.39, 0.29) is 6.61 Å². The summed E-state index contributed by atoms with van der Waals surface area (Å²) in [5.74, 6) is 0.0188. The molecule has 0 heterocycles. The van der Waals surface area contributed by atoms with Gasteiger partial charge in [0.15, 0.2) is 6.61 Å². The van der Waals surface area contributed by atoms with Gasteiger partial charge in [-0.15, -0.1) is 4.99 Å². The predicted molar refractivity (Wildman–Crippen MR) is 54.4 cm³/mol. The van der Waals surface area contributed by atoms with Gasteiger partial charge in [0.05, 0.1) is 0 Å². The van der Waals surface area contributed by atoms with E-state index in [4.69, 9.17) is 4.74 Å². The molecule has 0 bridgehead atoms. The van der Waals surface area contributed by atoms with Crippen molar-refractivity contribution in [1.82, 2.24) is 0 Å². The van der Waals surface area contributed by atoms with E-state index in [1.807, 2.05) is 25.1 Å². The summed E-state index contributed by atoms with van der Waals surface area (Å²) in [7, 11) is 0. The molecule has 15 heavy (non-hydrogen) atoms. The van der Waals surface area contributed by atoms with E-state index < -0.39 is 5.91 Å². The summed E-state index contributed by atoms with van der Waals surface area (Å²) in [6.45, 7) is 1.76. The van der Waals surface area contributed by atoms with Crippen molar-refractivity contribution in [2.24, 2.45) is 4.99 Å². The third-order valence-corrected chi connectivity index (χ3v) is 1.88. The first-order valence-corrected chi connectivity index (χ1v) is 4.59. The lowest BCUT2D eigenvalue weighted by Crippen LogP contribution is -2.09. The molecule has 0 atom stereocenters. The van der Waals surface area contributed by atoms with Gasteiger partial charge in [-0.2, -0.15) is 0 Å². The molecule has 1 aromatic carbocycles. The van der Waals surface area contributed by atoms with E-state index >= 15 is 0 Å². The van der Waals surface area contributed by atoms with Gasteiger partial charge >= 0.3 is 0 Å². The monoisotopic (exact) mass is 205 g/mol. The quantitative estimate of drug-likeness (QED) is 0.552. The first kappa shape index (κ1) is 11.1. The van der Waals surface area contributed by atoms with Crippen LogP contribution in [-0.2, 0) is 16.0 Å². The Labute approximate surface area is 87.6 Å². The van der Waals surface area contributed by atoms with E-state index in [2.05, 4.69) is 4.99 Å². The Hall–Kier alpha value is -1.93. The van der Waals surface area contributed by atoms with Gasteiger partial charge in [-0.3, -0.25) is 4.79 Å². The minimum atomic E-state index is -0.629. The fourth-order valence-corrected chi connectivity index (χ4v) is 1.16. The summed E-state index contributed by atoms with van der Waals surface area (Å²) in [5.41, 5.74) is 1.01. The largest absolute Gasteiger partial charge is 0.483 e. The summed E-state index contributed by atoms with van der Waals surface area (Å²) in [6.07, 6.45) is 2.00. The number of carbonyl (C=O) groups excluding carboxylic acids is 2. The van der Waals surface area contributed by atoms with Gasteiger partial charge in [-0.25, -0.2) is 4.79 Å². The average molecular weight is 205 g/mol. The Balaban J connectivity index is 2.64. The smallest absolute Gasteiger partial charge is 0.294 e. The molecule has 0 radical (unpaired) electrons. The molecule has 1 rings (SSSR count). The summed E-state index contributed by atoms with van der Waals surface area (Å²) in [5, 5.41) is 0. The molecule has 4 heteroatoms. The molecular weight excluding hydrogens is 194 g/mol. The molecule has 0 saturated heterocycles. The summed E-state index contributed by atoms with van der Waals surface area (Å²) in [4.78, 5) is 23.6. The molecule has 0 aromatic heterocycles. The number of hydrogen-bond donors (Lipinski definition) is 0. The Morgan fingerprint density at radius 2 is 2.20 bits per heavy atom. The van der Waals surface area contributed by atoms with Crippen molar-refractivity contribution in [2.45, 2.75) is 13.3 Å². The number of ether oxygens (including phenoxy) is 1. The van der Waals surface area contributed by atoms with E-state index in [1.165, 1.54) is 6.08 Å². The zero-order valence-corrected chi connectivity index (χ0v) is 8.40. The summed E-state index contributed by atoms with van der Waals surface area (Å²) >= 11 is 0. The molecule has 0 saturated carbocycles. The van der Waals surface area contributed by atoms with Gasteiger partial charge in [-0.1, -0.05) is 25.1 Å². The highest BCUT2D eigenvalue weighted by Crippen LogP contribution is 2.17. The fourth-order valence-electron chi connectivity index (χ4n) is 1.16. The zero-order chi connectivity index (χ0) is 11.1. The number of para-hydroxylation sites is 1. The normalized spacial score (nSPS) is 9.13. The second-order valence-electron chi connectivity index (χ2n) is 2.85. The Morgan fingerprint density at radius 1 is 1.47 bits per heavy atom. The zero-order valence-electron chi connectivity index (χ0n) is 8.40. The SMILES string of the molecule is CCc1ccccc1OCC(=O)N=C=O. The van der Waals surface area contributed by atoms with E-state index in [0.717, 1.165) is 12.0 Å². The van der Waals surface area contributed by atoms with Crippen LogP contribution in [0, 0.1) is 0 Å². The van der Waals surface area contributed by atoms with Gasteiger partial charge < -0.3 is 4.74 Å². The third kappa shape index (κ3) is 3.37. The highest BCUT2D eigenvalue weighted by atomic mass is 16.5. The van der Waals surface area contributed by atoms with Crippen LogP contribution >= 0.6 is 0 Å². The highest BCUT2D eigenvalue weighted by molar-refractivity contribution is 5.82. The highest BCUT2D eigenvalue weighted by Gasteiger charge is 2.03. The van der Waals surface area contributed by atoms with Crippen LogP contribution in [0.5, 0.6) is 5.75 Å². The lowest BCUT2D eigenvalue weighted by molar-refractivity contribution is -0.119. The molecule has 1 amide bonds. The average Bonchev–Trinajstić information content (AvgIpc) is 2.27. The Morgan fingerprint density at radius 3 is 2.87 bits per heavy atom. The molecule has 4 nitrogen and oxygen atoms in total. The molecule has 1 aromatic rings. The molecule has 0 unspecified atom stereocenters. The van der Waals surface area contributed by atoms with Crippen LogP contribution < -0.4 is 4.74 Å². The number of isocyanates is 1. The number of benzene rings is 1. The number of aryl methyl sites for hydroxylation is 1. The maximum Gasteiger partial charge on any atom is 0.294 e. The number of hydrogen-bond acceptors (Lipinski definition) is 3. The van der Waals surface area contributed by atoms with Crippen LogP contribution in [0.2, 0.25) is 0 Å². The second-order valence-corrected chi connectivity index (χ2v) is 2.85. The molecule has 0 fully saturated rings. The van der Waals surface area contributed by atoms with Crippen LogP contribution in [0.25, 0.3) is 0 Å². The number of rotatable bonds is 4. The summed E-state index contributed by atoms with van der Waals surface area (Å²) < 4.78 is 5.22. The van der Waals surface area contributed by atoms with Crippen molar-refractivity contribution in [3.05, 3.63) is 29.8 Å². The molecule has 0 aliphatic heterocycles. The van der Waals surface area contributed by atoms with Crippen molar-refractivity contribution in [3.8, 4) is 5.75 Å². The first-order valence-electron chi connectivity index (χ1n) is 4.59. The van der Waals surface area contributed by atoms with Crippen molar-refractivity contribution < 1.29 is 14.3 Å². The van der Waals surface area contributed by atoms with E-state index in [0.29, 0.717) is 5.75 Å². The third-order valence-electron chi connectivity index (χ3n) is 1.88. The lowest BCUT2D eigenvalue weighted by Gasteiger charge is -2.07. The molecule has 78 valence electrons. The fraction of sp³-hybridized carbons (Fsp3) is 0.273. The topological polar surface area (TPSA) is 55.7 Å². The number of carbonyl (C=O) groups is 1. The second kappa shape index (κ2) is 5.73. The maximum atomic E-state index is 10.9. The first-order chi connectivity index (χ1) is 7.27. The molecule has 0 N–H and O–H groups in total. The van der Waals surface area contributed by atoms with Gasteiger partial charge in [0.2, 0.25) is 6.08 Å². The molecule has 0 spiro atoms. The van der Waals surface area contributed by atoms with Crippen molar-refractivity contribution in [1.29, 1.82) is 0 Å². The van der Waals surface area contributed by atoms with Crippen LogP contribution in [0.1, 0.15) is 12.5 Å². The number of aliphatic imine (C=N–C) groups is 1. The van der Waals surface area contributed by atoms with Crippen LogP contribution in [-0.4, -0.2) is 18.6 Å². The van der Waals surface area contributed by atoms with Crippen molar-refractivity contribution >= 4 is 12.0 Å². The lowest BCUT2D eigenvalue weighted by atomic mass is 10.1. The molecule has 0 aliphatic rings. The van der Waals surface area contributed by atoms with Gasteiger partial charge in [0.25, 0.3) is 5.91 Å². The van der Waals surface area contributed by atoms with Crippen molar-refractivity contribution in [3.63, 3.8) is 0 Å². The Kier molecular flexibility index (Phi) is 4.26. The molecule has 0 aliphatic carbocycles. The minimum Gasteiger partial charge on any atom is -0.483 e. The van der Waals surface area contributed by atoms with Gasteiger partial charge in [0, 0.05) is 0 Å². The van der Waals surface area contributed by atoms with E-state index in [9.17, 15) is 9.59 Å². The van der Waals surface area contributed by atoms with Crippen LogP contribution in [0.3, 0.4) is 0 Å². The van der Waals surface area contributed by atoms with Gasteiger partial charge in [0.1, 0.15) is 5.75 Å². The predicted octanol–water partition coefficient (Wildman–Crippen LogP) is 1.49. The Bertz CT molecular complexity index is 395. The van der Waals surface area contributed by atoms with Crippen molar-refractivity contribution in [2.75, 3.05) is 6.61 Å². The van der Waals surface area contributed by atoms with Crippen LogP contribution in [0.15, 0.2) is 29.3 Å². The van der Waals surface area contributed by atoms with Gasteiger partial charge in [-0.05, 0) is 18.1 Å². The number of amides is 1. The molecular formula is C11H11NO3. The van der Waals surface area contributed by atoms with Crippen LogP contribution in [0.4, 0.5) is 0 Å². The minimum absolute atomic E-state index is 0.230. The maximum absolute atomic E-state index is 10.9. The number of nitrogens with zero attached hydrogens (tertiary/aromatic N) is 1. The summed E-state index contributed by atoms with van der Waals surface area (Å²) in [6, 6.07) is 7.42.